The van der Waals surface area contributed by atoms with E-state index in [1.165, 1.54) is 424 Å². The van der Waals surface area contributed by atoms with E-state index in [0.717, 1.165) is 38.5 Å². The van der Waals surface area contributed by atoms with Crippen LogP contribution in [0.25, 0.3) is 0 Å². The number of unbranched alkanes of at least 4 members (excludes halogenated alkanes) is 69. The lowest BCUT2D eigenvalue weighted by Gasteiger charge is -2.20. The Morgan fingerprint density at radius 1 is 0.300 bits per heavy atom. The molecule has 0 fully saturated rings. The van der Waals surface area contributed by atoms with E-state index in [1.54, 1.807) is 6.08 Å². The van der Waals surface area contributed by atoms with Crippen LogP contribution in [0.1, 0.15) is 489 Å². The highest BCUT2D eigenvalue weighted by atomic mass is 16.5. The van der Waals surface area contributed by atoms with Crippen LogP contribution in [-0.4, -0.2) is 47.4 Å². The first kappa shape index (κ1) is 88.6. The molecule has 0 spiro atoms. The van der Waals surface area contributed by atoms with Crippen LogP contribution in [0.15, 0.2) is 12.2 Å². The van der Waals surface area contributed by atoms with E-state index in [4.69, 9.17) is 4.74 Å². The van der Waals surface area contributed by atoms with Crippen LogP contribution in [0.4, 0.5) is 0 Å². The van der Waals surface area contributed by atoms with Gasteiger partial charge in [-0.15, -0.1) is 0 Å². The minimum absolute atomic E-state index is 0.0266. The molecule has 0 aliphatic heterocycles. The molecule has 0 rings (SSSR count). The van der Waals surface area contributed by atoms with Gasteiger partial charge in [0.2, 0.25) is 5.91 Å². The summed E-state index contributed by atoms with van der Waals surface area (Å²) in [5, 5.41) is 23.3. The normalized spacial score (nSPS) is 12.4. The Morgan fingerprint density at radius 2 is 0.511 bits per heavy atom. The van der Waals surface area contributed by atoms with E-state index in [1.807, 2.05) is 6.08 Å². The van der Waals surface area contributed by atoms with Gasteiger partial charge in [-0.05, 0) is 32.1 Å². The number of carbonyl (C=O) groups excluding carboxylic acids is 2. The smallest absolute Gasteiger partial charge is 0.305 e. The minimum Gasteiger partial charge on any atom is -0.466 e. The largest absolute Gasteiger partial charge is 0.466 e. The predicted octanol–water partition coefficient (Wildman–Crippen LogP) is 27.8. The van der Waals surface area contributed by atoms with Crippen LogP contribution in [0, 0.1) is 0 Å². The Morgan fingerprint density at radius 3 is 0.756 bits per heavy atom. The molecule has 0 heterocycles. The Kier molecular flexibility index (Phi) is 78.8. The maximum absolute atomic E-state index is 12.5. The number of ether oxygens (including phenoxy) is 1. The van der Waals surface area contributed by atoms with Crippen LogP contribution >= 0.6 is 0 Å². The number of esters is 1. The van der Waals surface area contributed by atoms with Crippen molar-refractivity contribution in [1.82, 2.24) is 5.32 Å². The van der Waals surface area contributed by atoms with E-state index in [-0.39, 0.29) is 18.5 Å². The van der Waals surface area contributed by atoms with Crippen molar-refractivity contribution in [2.45, 2.75) is 501 Å². The lowest BCUT2D eigenvalue weighted by atomic mass is 10.0. The van der Waals surface area contributed by atoms with E-state index < -0.39 is 12.1 Å². The lowest BCUT2D eigenvalue weighted by molar-refractivity contribution is -0.143. The number of aliphatic hydroxyl groups excluding tert-OH is 2. The van der Waals surface area contributed by atoms with E-state index in [0.29, 0.717) is 19.4 Å². The maximum atomic E-state index is 12.5. The summed E-state index contributed by atoms with van der Waals surface area (Å²) in [4.78, 5) is 24.6. The number of hydrogen-bond donors (Lipinski definition) is 3. The topological polar surface area (TPSA) is 95.9 Å². The summed E-state index contributed by atoms with van der Waals surface area (Å²) < 4.78 is 5.50. The molecule has 6 nitrogen and oxygen atoms in total. The highest BCUT2D eigenvalue weighted by Gasteiger charge is 2.18. The molecule has 0 bridgehead atoms. The fourth-order valence-corrected chi connectivity index (χ4v) is 13.7. The molecule has 2 atom stereocenters. The highest BCUT2D eigenvalue weighted by molar-refractivity contribution is 5.76. The molecular formula is C84H165NO5. The van der Waals surface area contributed by atoms with Crippen LogP contribution < -0.4 is 5.32 Å². The van der Waals surface area contributed by atoms with Gasteiger partial charge in [0, 0.05) is 12.8 Å². The molecule has 0 aliphatic rings. The lowest BCUT2D eigenvalue weighted by Crippen LogP contribution is -2.45. The summed E-state index contributed by atoms with van der Waals surface area (Å²) in [5.74, 6) is -0.0298. The molecule has 6 heteroatoms. The van der Waals surface area contributed by atoms with Gasteiger partial charge in [0.25, 0.3) is 0 Å². The van der Waals surface area contributed by atoms with Gasteiger partial charge >= 0.3 is 5.97 Å². The zero-order valence-electron chi connectivity index (χ0n) is 61.7. The van der Waals surface area contributed by atoms with Gasteiger partial charge in [-0.1, -0.05) is 456 Å². The number of allylic oxidation sites excluding steroid dienone is 1. The number of rotatable bonds is 80. The monoisotopic (exact) mass is 1270 g/mol. The van der Waals surface area contributed by atoms with E-state index in [9.17, 15) is 19.8 Å². The molecule has 0 saturated heterocycles. The first-order valence-corrected chi connectivity index (χ1v) is 42.0. The number of nitrogens with one attached hydrogen (secondary N) is 1. The van der Waals surface area contributed by atoms with Crippen molar-refractivity contribution >= 4 is 11.9 Å². The van der Waals surface area contributed by atoms with Gasteiger partial charge in [0.15, 0.2) is 0 Å². The minimum atomic E-state index is -0.841. The van der Waals surface area contributed by atoms with Crippen LogP contribution in [0.2, 0.25) is 0 Å². The molecule has 0 aliphatic carbocycles. The van der Waals surface area contributed by atoms with Gasteiger partial charge < -0.3 is 20.3 Å². The van der Waals surface area contributed by atoms with Crippen molar-refractivity contribution in [3.63, 3.8) is 0 Å². The number of hydrogen-bond acceptors (Lipinski definition) is 5. The van der Waals surface area contributed by atoms with Gasteiger partial charge in [0.05, 0.1) is 25.4 Å². The Hall–Kier alpha value is -1.40. The predicted molar refractivity (Wildman–Crippen MR) is 398 cm³/mol. The molecule has 90 heavy (non-hydrogen) atoms. The number of amides is 1. The summed E-state index contributed by atoms with van der Waals surface area (Å²) in [5.41, 5.74) is 0. The van der Waals surface area contributed by atoms with Crippen LogP contribution in [-0.2, 0) is 14.3 Å². The van der Waals surface area contributed by atoms with Crippen molar-refractivity contribution in [2.75, 3.05) is 13.2 Å². The van der Waals surface area contributed by atoms with Gasteiger partial charge in [-0.2, -0.15) is 0 Å². The zero-order chi connectivity index (χ0) is 64.9. The van der Waals surface area contributed by atoms with Crippen molar-refractivity contribution in [2.24, 2.45) is 0 Å². The van der Waals surface area contributed by atoms with Crippen molar-refractivity contribution < 1.29 is 24.5 Å². The maximum Gasteiger partial charge on any atom is 0.305 e. The van der Waals surface area contributed by atoms with E-state index in [2.05, 4.69) is 19.2 Å². The molecule has 536 valence electrons. The summed E-state index contributed by atoms with van der Waals surface area (Å²) >= 11 is 0. The average molecular weight is 1270 g/mol. The quantitative estimate of drug-likeness (QED) is 0.0320. The molecule has 0 aromatic carbocycles. The van der Waals surface area contributed by atoms with Crippen molar-refractivity contribution in [1.29, 1.82) is 0 Å². The highest BCUT2D eigenvalue weighted by Crippen LogP contribution is 2.21. The molecule has 0 saturated carbocycles. The number of carbonyl (C=O) groups is 2. The third kappa shape index (κ3) is 75.6. The van der Waals surface area contributed by atoms with Gasteiger partial charge in [0.1, 0.15) is 0 Å². The fourth-order valence-electron chi connectivity index (χ4n) is 13.7. The van der Waals surface area contributed by atoms with E-state index >= 15 is 0 Å². The molecule has 3 N–H and O–H groups in total. The number of aliphatic hydroxyl groups is 2. The van der Waals surface area contributed by atoms with Crippen molar-refractivity contribution in [3.8, 4) is 0 Å². The SMILES string of the molecule is CCCCCCCCCCCCCCCCCCCCC/C=C/C(O)C(CO)NC(=O)CCCCCCCCCCCCCCCCCCCCCCCCCCCCCCCCCCCCCCCCCOC(=O)CCCCCCCCCCCCCCC. The summed E-state index contributed by atoms with van der Waals surface area (Å²) in [6.07, 6.45) is 102. The third-order valence-corrected chi connectivity index (χ3v) is 20.1. The second kappa shape index (κ2) is 80.0. The fraction of sp³-hybridized carbons (Fsp3) is 0.952. The third-order valence-electron chi connectivity index (χ3n) is 20.1. The van der Waals surface area contributed by atoms with Crippen molar-refractivity contribution in [3.05, 3.63) is 12.2 Å². The summed E-state index contributed by atoms with van der Waals surface area (Å²) in [6.45, 7) is 4.97. The first-order chi connectivity index (χ1) is 44.5. The first-order valence-electron chi connectivity index (χ1n) is 42.0. The molecule has 2 unspecified atom stereocenters. The van der Waals surface area contributed by atoms with Crippen LogP contribution in [0.5, 0.6) is 0 Å². The Balaban J connectivity index is 3.31. The van der Waals surface area contributed by atoms with Gasteiger partial charge in [-0.3, -0.25) is 9.59 Å². The average Bonchev–Trinajstić information content (AvgIpc) is 3.55. The molecule has 1 amide bonds. The molecule has 0 radical (unpaired) electrons. The summed E-state index contributed by atoms with van der Waals surface area (Å²) in [7, 11) is 0. The molecule has 0 aromatic heterocycles. The second-order valence-corrected chi connectivity index (χ2v) is 29.2. The second-order valence-electron chi connectivity index (χ2n) is 29.2. The summed E-state index contributed by atoms with van der Waals surface area (Å²) in [6, 6.07) is -0.623. The Bertz CT molecular complexity index is 1370. The molecule has 0 aromatic rings. The standard InChI is InChI=1S/C84H165NO5/c1-3-5-7-9-11-13-15-17-18-19-20-40-43-46-49-53-56-60-64-68-72-76-82(87)81(80-86)85-83(88)77-73-69-65-61-57-54-50-47-44-41-38-36-34-32-30-28-26-24-22-21-23-25-27-29-31-33-35-37-39-42-45-48-51-55-59-63-67-71-75-79-90-84(89)78-74-70-66-62-58-52-16-14-12-10-8-6-4-2/h72,76,81-82,86-87H,3-71,73-75,77-80H2,1-2H3,(H,85,88)/b76-72+. The zero-order valence-corrected chi connectivity index (χ0v) is 61.7. The van der Waals surface area contributed by atoms with Crippen LogP contribution in [0.3, 0.4) is 0 Å². The molecular weight excluding hydrogens is 1100 g/mol. The Labute approximate surface area is 565 Å². The van der Waals surface area contributed by atoms with Gasteiger partial charge in [-0.25, -0.2) is 0 Å².